The predicted molar refractivity (Wildman–Crippen MR) is 118 cm³/mol. The lowest BCUT2D eigenvalue weighted by atomic mass is 9.77. The molecule has 0 saturated heterocycles. The molecule has 0 saturated carbocycles. The van der Waals surface area contributed by atoms with Crippen LogP contribution in [0.5, 0.6) is 0 Å². The molecule has 0 amide bonds. The maximum atomic E-state index is 9.72. The molecule has 2 nitrogen and oxygen atoms in total. The summed E-state index contributed by atoms with van der Waals surface area (Å²) >= 11 is 0. The summed E-state index contributed by atoms with van der Waals surface area (Å²) in [6.45, 7) is 11.0. The molecule has 0 spiro atoms. The summed E-state index contributed by atoms with van der Waals surface area (Å²) in [6, 6.07) is 27.3. The summed E-state index contributed by atoms with van der Waals surface area (Å²) in [5.41, 5.74) is 6.08. The van der Waals surface area contributed by atoms with Crippen LogP contribution in [0.4, 0.5) is 11.4 Å². The Kier molecular flexibility index (Phi) is 5.29. The Hall–Kier alpha value is -3.05. The summed E-state index contributed by atoms with van der Waals surface area (Å²) in [4.78, 5) is 0. The summed E-state index contributed by atoms with van der Waals surface area (Å²) in [5.74, 6) is 0. The van der Waals surface area contributed by atoms with Gasteiger partial charge in [-0.1, -0.05) is 83.1 Å². The highest BCUT2D eigenvalue weighted by atomic mass is 14.9. The fraction of sp³-hybridized carbons (Fsp3) is 0.269. The molecule has 0 unspecified atom stereocenters. The van der Waals surface area contributed by atoms with Gasteiger partial charge in [0.2, 0.25) is 0 Å². The van der Waals surface area contributed by atoms with Crippen molar-refractivity contribution in [2.24, 2.45) is 0 Å². The molecule has 1 N–H and O–H groups in total. The van der Waals surface area contributed by atoms with Crippen LogP contribution in [0.2, 0.25) is 0 Å². The van der Waals surface area contributed by atoms with Crippen molar-refractivity contribution in [3.8, 4) is 6.07 Å². The van der Waals surface area contributed by atoms with Crippen molar-refractivity contribution < 1.29 is 0 Å². The second-order valence-electron chi connectivity index (χ2n) is 8.82. The number of benzene rings is 3. The Bertz CT molecular complexity index is 985. The Balaban J connectivity index is 1.89. The van der Waals surface area contributed by atoms with Gasteiger partial charge in [0.1, 0.15) is 6.07 Å². The van der Waals surface area contributed by atoms with Crippen molar-refractivity contribution in [2.75, 3.05) is 5.32 Å². The molecular formula is C26H28N2. The van der Waals surface area contributed by atoms with Crippen LogP contribution in [0.1, 0.15) is 56.9 Å². The van der Waals surface area contributed by atoms with Gasteiger partial charge in [0.15, 0.2) is 0 Å². The first-order valence-corrected chi connectivity index (χ1v) is 9.69. The maximum Gasteiger partial charge on any atom is 0.101 e. The molecule has 0 aliphatic heterocycles. The van der Waals surface area contributed by atoms with Gasteiger partial charge in [-0.15, -0.1) is 0 Å². The minimum Gasteiger partial charge on any atom is -0.354 e. The first kappa shape index (κ1) is 19.7. The van der Waals surface area contributed by atoms with Gasteiger partial charge in [0.05, 0.1) is 11.3 Å². The van der Waals surface area contributed by atoms with Crippen LogP contribution in [0, 0.1) is 11.3 Å². The highest BCUT2D eigenvalue weighted by Gasteiger charge is 2.24. The number of nitriles is 1. The lowest BCUT2D eigenvalue weighted by Gasteiger charge is -2.27. The van der Waals surface area contributed by atoms with Crippen LogP contribution >= 0.6 is 0 Å². The lowest BCUT2D eigenvalue weighted by molar-refractivity contribution is 0.590. The Morgan fingerprint density at radius 2 is 1.32 bits per heavy atom. The van der Waals surface area contributed by atoms with Crippen LogP contribution in [0.25, 0.3) is 0 Å². The van der Waals surface area contributed by atoms with Crippen molar-refractivity contribution in [3.63, 3.8) is 0 Å². The summed E-state index contributed by atoms with van der Waals surface area (Å²) in [6.07, 6.45) is 0. The molecule has 0 aliphatic carbocycles. The average Bonchev–Trinajstić information content (AvgIpc) is 2.68. The second kappa shape index (κ2) is 7.52. The molecule has 0 heterocycles. The lowest BCUT2D eigenvalue weighted by Crippen LogP contribution is -2.19. The van der Waals surface area contributed by atoms with Gasteiger partial charge >= 0.3 is 0 Å². The van der Waals surface area contributed by atoms with Crippen LogP contribution in [-0.2, 0) is 10.8 Å². The topological polar surface area (TPSA) is 35.8 Å². The molecule has 142 valence electrons. The molecule has 0 aromatic heterocycles. The van der Waals surface area contributed by atoms with Crippen LogP contribution in [-0.4, -0.2) is 0 Å². The molecule has 3 rings (SSSR count). The monoisotopic (exact) mass is 368 g/mol. The third-order valence-corrected chi connectivity index (χ3v) is 5.39. The van der Waals surface area contributed by atoms with E-state index in [0.717, 1.165) is 16.9 Å². The molecule has 3 aromatic carbocycles. The van der Waals surface area contributed by atoms with E-state index in [9.17, 15) is 5.26 Å². The molecule has 0 atom stereocenters. The van der Waals surface area contributed by atoms with E-state index in [2.05, 4.69) is 101 Å². The molecule has 0 bridgehead atoms. The van der Waals surface area contributed by atoms with Crippen molar-refractivity contribution >= 4 is 11.4 Å². The highest BCUT2D eigenvalue weighted by Crippen LogP contribution is 2.34. The van der Waals surface area contributed by atoms with Crippen molar-refractivity contribution in [2.45, 2.75) is 45.4 Å². The van der Waals surface area contributed by atoms with Crippen LogP contribution in [0.3, 0.4) is 0 Å². The first-order chi connectivity index (χ1) is 13.2. The first-order valence-electron chi connectivity index (χ1n) is 9.69. The zero-order valence-electron chi connectivity index (χ0n) is 17.4. The van der Waals surface area contributed by atoms with E-state index < -0.39 is 0 Å². The number of nitrogens with one attached hydrogen (secondary N) is 1. The number of anilines is 2. The SMILES string of the molecule is CC(C)(C)c1ccc(Nc2ccc(C(C)(C)c3ccccc3)cc2C#N)cc1. The van der Waals surface area contributed by atoms with E-state index in [1.54, 1.807) is 0 Å². The Labute approximate surface area is 168 Å². The smallest absolute Gasteiger partial charge is 0.101 e. The van der Waals surface area contributed by atoms with E-state index >= 15 is 0 Å². The normalized spacial score (nSPS) is 11.7. The van der Waals surface area contributed by atoms with E-state index in [1.165, 1.54) is 11.1 Å². The van der Waals surface area contributed by atoms with Gasteiger partial charge in [-0.3, -0.25) is 0 Å². The van der Waals surface area contributed by atoms with Gasteiger partial charge in [-0.05, 0) is 46.4 Å². The zero-order chi connectivity index (χ0) is 20.4. The van der Waals surface area contributed by atoms with Crippen LogP contribution in [0.15, 0.2) is 72.8 Å². The average molecular weight is 369 g/mol. The van der Waals surface area contributed by atoms with Crippen LogP contribution < -0.4 is 5.32 Å². The molecule has 2 heteroatoms. The van der Waals surface area contributed by atoms with Gasteiger partial charge in [-0.2, -0.15) is 5.26 Å². The largest absolute Gasteiger partial charge is 0.354 e. The minimum absolute atomic E-state index is 0.126. The maximum absolute atomic E-state index is 9.72. The number of hydrogen-bond acceptors (Lipinski definition) is 2. The number of nitrogens with zero attached hydrogens (tertiary/aromatic N) is 1. The standard InChI is InChI=1S/C26H28N2/c1-25(2,3)20-11-14-23(15-12-20)28-24-16-13-22(17-19(24)18-27)26(4,5)21-9-7-6-8-10-21/h6-17,28H,1-5H3. The highest BCUT2D eigenvalue weighted by molar-refractivity contribution is 5.68. The fourth-order valence-electron chi connectivity index (χ4n) is 3.37. The minimum atomic E-state index is -0.167. The predicted octanol–water partition coefficient (Wildman–Crippen LogP) is 6.93. The summed E-state index contributed by atoms with van der Waals surface area (Å²) in [7, 11) is 0. The third kappa shape index (κ3) is 4.10. The van der Waals surface area contributed by atoms with E-state index in [-0.39, 0.29) is 10.8 Å². The van der Waals surface area contributed by atoms with Gasteiger partial charge in [0.25, 0.3) is 0 Å². The number of rotatable bonds is 4. The Morgan fingerprint density at radius 3 is 1.89 bits per heavy atom. The van der Waals surface area contributed by atoms with Crippen molar-refractivity contribution in [3.05, 3.63) is 95.1 Å². The Morgan fingerprint density at radius 1 is 0.714 bits per heavy atom. The molecule has 28 heavy (non-hydrogen) atoms. The number of hydrogen-bond donors (Lipinski definition) is 1. The van der Waals surface area contributed by atoms with E-state index in [4.69, 9.17) is 0 Å². The summed E-state index contributed by atoms with van der Waals surface area (Å²) < 4.78 is 0. The van der Waals surface area contributed by atoms with E-state index in [1.807, 2.05) is 18.2 Å². The van der Waals surface area contributed by atoms with E-state index in [0.29, 0.717) is 5.56 Å². The van der Waals surface area contributed by atoms with Crippen molar-refractivity contribution in [1.82, 2.24) is 0 Å². The quantitative estimate of drug-likeness (QED) is 0.542. The van der Waals surface area contributed by atoms with Gasteiger partial charge in [0, 0.05) is 11.1 Å². The zero-order valence-corrected chi connectivity index (χ0v) is 17.4. The molecule has 0 radical (unpaired) electrons. The van der Waals surface area contributed by atoms with Gasteiger partial charge in [-0.25, -0.2) is 0 Å². The molecule has 0 aliphatic rings. The van der Waals surface area contributed by atoms with Crippen molar-refractivity contribution in [1.29, 1.82) is 5.26 Å². The van der Waals surface area contributed by atoms with Gasteiger partial charge < -0.3 is 5.32 Å². The molecule has 0 fully saturated rings. The molecule has 3 aromatic rings. The second-order valence-corrected chi connectivity index (χ2v) is 8.82. The third-order valence-electron chi connectivity index (χ3n) is 5.39. The molecular weight excluding hydrogens is 340 g/mol. The fourth-order valence-corrected chi connectivity index (χ4v) is 3.37. The summed E-state index contributed by atoms with van der Waals surface area (Å²) in [5, 5.41) is 13.1.